The third kappa shape index (κ3) is 10.4. The SMILES string of the molecule is CCNC(=NCc1ccc(Cl)cc1)NCC(CCO)CC(C)C.I. The van der Waals surface area contributed by atoms with Gasteiger partial charge in [0.15, 0.2) is 5.96 Å². The Morgan fingerprint density at radius 2 is 1.88 bits per heavy atom. The summed E-state index contributed by atoms with van der Waals surface area (Å²) in [4.78, 5) is 4.61. The number of nitrogens with zero attached hydrogens (tertiary/aromatic N) is 1. The van der Waals surface area contributed by atoms with E-state index >= 15 is 0 Å². The lowest BCUT2D eigenvalue weighted by atomic mass is 9.94. The van der Waals surface area contributed by atoms with E-state index in [9.17, 15) is 5.11 Å². The van der Waals surface area contributed by atoms with Crippen molar-refractivity contribution in [3.05, 3.63) is 34.9 Å². The molecule has 4 nitrogen and oxygen atoms in total. The fraction of sp³-hybridized carbons (Fsp3) is 0.611. The maximum atomic E-state index is 9.21. The summed E-state index contributed by atoms with van der Waals surface area (Å²) in [5.41, 5.74) is 1.13. The zero-order valence-corrected chi connectivity index (χ0v) is 18.0. The van der Waals surface area contributed by atoms with E-state index in [4.69, 9.17) is 11.6 Å². The maximum absolute atomic E-state index is 9.21. The van der Waals surface area contributed by atoms with E-state index < -0.39 is 0 Å². The van der Waals surface area contributed by atoms with E-state index in [1.54, 1.807) is 0 Å². The monoisotopic (exact) mass is 467 g/mol. The lowest BCUT2D eigenvalue weighted by Gasteiger charge is -2.20. The van der Waals surface area contributed by atoms with Gasteiger partial charge in [-0.1, -0.05) is 37.6 Å². The molecule has 0 aromatic heterocycles. The van der Waals surface area contributed by atoms with Crippen LogP contribution in [-0.2, 0) is 6.54 Å². The largest absolute Gasteiger partial charge is 0.396 e. The van der Waals surface area contributed by atoms with Crippen LogP contribution in [0, 0.1) is 11.8 Å². The Morgan fingerprint density at radius 1 is 1.21 bits per heavy atom. The highest BCUT2D eigenvalue weighted by atomic mass is 127. The fourth-order valence-electron chi connectivity index (χ4n) is 2.50. The van der Waals surface area contributed by atoms with Crippen molar-refractivity contribution in [3.8, 4) is 0 Å². The zero-order valence-electron chi connectivity index (χ0n) is 14.9. The molecule has 0 heterocycles. The molecule has 0 aliphatic rings. The number of guanidine groups is 1. The van der Waals surface area contributed by atoms with Crippen molar-refractivity contribution in [1.29, 1.82) is 0 Å². The van der Waals surface area contributed by atoms with Gasteiger partial charge in [0.05, 0.1) is 6.54 Å². The highest BCUT2D eigenvalue weighted by molar-refractivity contribution is 14.0. The molecule has 0 saturated heterocycles. The highest BCUT2D eigenvalue weighted by Gasteiger charge is 2.11. The molecule has 138 valence electrons. The Hall–Kier alpha value is -0.530. The van der Waals surface area contributed by atoms with Gasteiger partial charge in [-0.25, -0.2) is 4.99 Å². The third-order valence-electron chi connectivity index (χ3n) is 3.58. The number of benzene rings is 1. The van der Waals surface area contributed by atoms with E-state index in [2.05, 4.69) is 36.4 Å². The lowest BCUT2D eigenvalue weighted by molar-refractivity contribution is 0.243. The second-order valence-electron chi connectivity index (χ2n) is 6.21. The number of hydrogen-bond donors (Lipinski definition) is 3. The first-order valence-electron chi connectivity index (χ1n) is 8.42. The Balaban J connectivity index is 0.00000529. The van der Waals surface area contributed by atoms with Crippen LogP contribution in [0.25, 0.3) is 0 Å². The molecule has 1 unspecified atom stereocenters. The van der Waals surface area contributed by atoms with Gasteiger partial charge in [0.25, 0.3) is 0 Å². The predicted molar refractivity (Wildman–Crippen MR) is 114 cm³/mol. The molecule has 6 heteroatoms. The molecule has 0 amide bonds. The molecular weight excluding hydrogens is 437 g/mol. The van der Waals surface area contributed by atoms with Gasteiger partial charge in [-0.05, 0) is 49.3 Å². The average molecular weight is 468 g/mol. The summed E-state index contributed by atoms with van der Waals surface area (Å²) in [5.74, 6) is 1.90. The van der Waals surface area contributed by atoms with Crippen molar-refractivity contribution >= 4 is 41.5 Å². The number of aliphatic imine (C=N–C) groups is 1. The van der Waals surface area contributed by atoms with Crippen LogP contribution in [0.15, 0.2) is 29.3 Å². The van der Waals surface area contributed by atoms with Crippen LogP contribution in [0.3, 0.4) is 0 Å². The Kier molecular flexibility index (Phi) is 13.4. The van der Waals surface area contributed by atoms with Crippen LogP contribution in [0.2, 0.25) is 5.02 Å². The number of rotatable bonds is 9. The van der Waals surface area contributed by atoms with Crippen molar-refractivity contribution in [3.63, 3.8) is 0 Å². The summed E-state index contributed by atoms with van der Waals surface area (Å²) < 4.78 is 0. The van der Waals surface area contributed by atoms with Crippen molar-refractivity contribution in [2.24, 2.45) is 16.8 Å². The number of hydrogen-bond acceptors (Lipinski definition) is 2. The standard InChI is InChI=1S/C18H30ClN3O.HI/c1-4-20-18(21-12-15-5-7-17(19)8-6-15)22-13-16(9-10-23)11-14(2)3;/h5-8,14,16,23H,4,9-13H2,1-3H3,(H2,20,21,22);1H. The normalized spacial score (nSPS) is 12.7. The van der Waals surface area contributed by atoms with Gasteiger partial charge in [-0.3, -0.25) is 0 Å². The summed E-state index contributed by atoms with van der Waals surface area (Å²) >= 11 is 5.90. The molecule has 0 bridgehead atoms. The molecule has 0 fully saturated rings. The zero-order chi connectivity index (χ0) is 17.1. The van der Waals surface area contributed by atoms with E-state index in [1.165, 1.54) is 0 Å². The molecule has 0 saturated carbocycles. The average Bonchev–Trinajstić information content (AvgIpc) is 2.51. The minimum Gasteiger partial charge on any atom is -0.396 e. The summed E-state index contributed by atoms with van der Waals surface area (Å²) in [5, 5.41) is 16.6. The topological polar surface area (TPSA) is 56.7 Å². The van der Waals surface area contributed by atoms with Gasteiger partial charge in [-0.15, -0.1) is 24.0 Å². The Morgan fingerprint density at radius 3 is 2.42 bits per heavy atom. The number of halogens is 2. The van der Waals surface area contributed by atoms with Crippen LogP contribution >= 0.6 is 35.6 Å². The Bertz CT molecular complexity index is 466. The first kappa shape index (κ1) is 23.5. The van der Waals surface area contributed by atoms with Crippen molar-refractivity contribution in [2.75, 3.05) is 19.7 Å². The molecule has 1 rings (SSSR count). The summed E-state index contributed by atoms with van der Waals surface area (Å²) in [7, 11) is 0. The van der Waals surface area contributed by atoms with Gasteiger partial charge in [-0.2, -0.15) is 0 Å². The van der Waals surface area contributed by atoms with E-state index in [1.807, 2.05) is 24.3 Å². The first-order chi connectivity index (χ1) is 11.0. The van der Waals surface area contributed by atoms with Gasteiger partial charge in [0.2, 0.25) is 0 Å². The maximum Gasteiger partial charge on any atom is 0.191 e. The molecule has 3 N–H and O–H groups in total. The molecule has 24 heavy (non-hydrogen) atoms. The summed E-state index contributed by atoms with van der Waals surface area (Å²) in [6, 6.07) is 7.74. The van der Waals surface area contributed by atoms with Crippen LogP contribution < -0.4 is 10.6 Å². The van der Waals surface area contributed by atoms with Crippen molar-refractivity contribution in [1.82, 2.24) is 10.6 Å². The minimum absolute atomic E-state index is 0. The molecule has 0 aliphatic heterocycles. The smallest absolute Gasteiger partial charge is 0.191 e. The van der Waals surface area contributed by atoms with E-state index in [-0.39, 0.29) is 30.6 Å². The van der Waals surface area contributed by atoms with Crippen LogP contribution in [0.1, 0.15) is 39.2 Å². The van der Waals surface area contributed by atoms with Gasteiger partial charge in [0.1, 0.15) is 0 Å². The number of nitrogens with one attached hydrogen (secondary N) is 2. The summed E-state index contributed by atoms with van der Waals surface area (Å²) in [6.07, 6.45) is 1.92. The van der Waals surface area contributed by atoms with Crippen LogP contribution in [0.5, 0.6) is 0 Å². The summed E-state index contributed by atoms with van der Waals surface area (Å²) in [6.45, 7) is 8.97. The molecular formula is C18H31ClIN3O. The lowest BCUT2D eigenvalue weighted by Crippen LogP contribution is -2.40. The van der Waals surface area contributed by atoms with Gasteiger partial charge >= 0.3 is 0 Å². The molecule has 0 radical (unpaired) electrons. The van der Waals surface area contributed by atoms with Crippen molar-refractivity contribution < 1.29 is 5.11 Å². The molecule has 0 aliphatic carbocycles. The molecule has 1 atom stereocenters. The van der Waals surface area contributed by atoms with Gasteiger partial charge < -0.3 is 15.7 Å². The third-order valence-corrected chi connectivity index (χ3v) is 3.83. The first-order valence-corrected chi connectivity index (χ1v) is 8.80. The van der Waals surface area contributed by atoms with Crippen molar-refractivity contribution in [2.45, 2.75) is 40.2 Å². The van der Waals surface area contributed by atoms with Gasteiger partial charge in [0, 0.05) is 24.7 Å². The number of aliphatic hydroxyl groups is 1. The number of aliphatic hydroxyl groups excluding tert-OH is 1. The molecule has 1 aromatic rings. The second-order valence-corrected chi connectivity index (χ2v) is 6.65. The van der Waals surface area contributed by atoms with Crippen LogP contribution in [-0.4, -0.2) is 30.8 Å². The minimum atomic E-state index is 0. The van der Waals surface area contributed by atoms with E-state index in [0.717, 1.165) is 42.5 Å². The predicted octanol–water partition coefficient (Wildman–Crippen LogP) is 4.06. The molecule has 0 spiro atoms. The Labute approximate surface area is 168 Å². The van der Waals surface area contributed by atoms with E-state index in [0.29, 0.717) is 18.4 Å². The van der Waals surface area contributed by atoms with Crippen LogP contribution in [0.4, 0.5) is 0 Å². The molecule has 1 aromatic carbocycles. The quantitative estimate of drug-likeness (QED) is 0.292. The fourth-order valence-corrected chi connectivity index (χ4v) is 2.62. The highest BCUT2D eigenvalue weighted by Crippen LogP contribution is 2.14. The second kappa shape index (κ2) is 13.7.